The second-order valence-electron chi connectivity index (χ2n) is 5.75. The van der Waals surface area contributed by atoms with Gasteiger partial charge in [0.15, 0.2) is 0 Å². The summed E-state index contributed by atoms with van der Waals surface area (Å²) in [6.07, 6.45) is 4.06. The van der Waals surface area contributed by atoms with Gasteiger partial charge in [0, 0.05) is 18.5 Å². The van der Waals surface area contributed by atoms with Gasteiger partial charge in [-0.25, -0.2) is 4.79 Å². The average molecular weight is 256 g/mol. The Bertz CT molecular complexity index is 333. The number of aliphatic carboxylic acids is 1. The summed E-state index contributed by atoms with van der Waals surface area (Å²) in [4.78, 5) is 24.9. The van der Waals surface area contributed by atoms with E-state index >= 15 is 0 Å². The van der Waals surface area contributed by atoms with E-state index in [2.05, 4.69) is 0 Å². The number of hydrogen-bond donors (Lipinski definition) is 2. The van der Waals surface area contributed by atoms with Gasteiger partial charge in [-0.05, 0) is 33.6 Å². The minimum Gasteiger partial charge on any atom is -0.480 e. The fourth-order valence-corrected chi connectivity index (χ4v) is 2.65. The number of carbonyl (C=O) groups excluding carboxylic acids is 1. The normalized spacial score (nSPS) is 18.7. The Morgan fingerprint density at radius 3 is 2.22 bits per heavy atom. The molecule has 104 valence electrons. The number of carboxylic acids is 1. The predicted octanol–water partition coefficient (Wildman–Crippen LogP) is 1.36. The molecule has 0 saturated heterocycles. The van der Waals surface area contributed by atoms with Crippen molar-refractivity contribution in [3.63, 3.8) is 0 Å². The van der Waals surface area contributed by atoms with Gasteiger partial charge in [0.2, 0.25) is 5.91 Å². The van der Waals surface area contributed by atoms with Crippen molar-refractivity contribution in [3.05, 3.63) is 0 Å². The third-order valence-electron chi connectivity index (χ3n) is 3.92. The van der Waals surface area contributed by atoms with Gasteiger partial charge in [0.1, 0.15) is 5.54 Å². The Morgan fingerprint density at radius 1 is 1.33 bits per heavy atom. The van der Waals surface area contributed by atoms with Gasteiger partial charge < -0.3 is 15.7 Å². The van der Waals surface area contributed by atoms with E-state index in [0.29, 0.717) is 6.54 Å². The third-order valence-corrected chi connectivity index (χ3v) is 3.92. The molecule has 3 N–H and O–H groups in total. The molecular formula is C13H24N2O3. The van der Waals surface area contributed by atoms with Crippen LogP contribution in [0.2, 0.25) is 0 Å². The summed E-state index contributed by atoms with van der Waals surface area (Å²) >= 11 is 0. The van der Waals surface area contributed by atoms with Crippen molar-refractivity contribution >= 4 is 11.9 Å². The summed E-state index contributed by atoms with van der Waals surface area (Å²) in [5.41, 5.74) is 4.57. The summed E-state index contributed by atoms with van der Waals surface area (Å²) in [5.74, 6) is -1.15. The van der Waals surface area contributed by atoms with Gasteiger partial charge in [0.25, 0.3) is 0 Å². The standard InChI is InChI=1S/C13H24N2O3/c1-4-15(12(2,3)11(17)18)10(16)9-13(14)7-5-6-8-13/h4-9,14H2,1-3H3,(H,17,18). The van der Waals surface area contributed by atoms with E-state index in [1.54, 1.807) is 20.8 Å². The van der Waals surface area contributed by atoms with E-state index in [0.717, 1.165) is 25.7 Å². The smallest absolute Gasteiger partial charge is 0.329 e. The van der Waals surface area contributed by atoms with Gasteiger partial charge in [-0.3, -0.25) is 4.79 Å². The highest BCUT2D eigenvalue weighted by Crippen LogP contribution is 2.31. The molecule has 0 aromatic carbocycles. The lowest BCUT2D eigenvalue weighted by atomic mass is 9.92. The Kier molecular flexibility index (Phi) is 4.37. The molecule has 0 spiro atoms. The maximum Gasteiger partial charge on any atom is 0.329 e. The molecule has 0 atom stereocenters. The molecule has 1 aliphatic rings. The maximum atomic E-state index is 12.3. The summed E-state index contributed by atoms with van der Waals surface area (Å²) in [6.45, 7) is 5.28. The molecule has 0 aromatic rings. The van der Waals surface area contributed by atoms with Crippen LogP contribution in [0.1, 0.15) is 52.9 Å². The number of likely N-dealkylation sites (N-methyl/N-ethyl adjacent to an activating group) is 1. The maximum absolute atomic E-state index is 12.3. The predicted molar refractivity (Wildman–Crippen MR) is 69.1 cm³/mol. The second-order valence-corrected chi connectivity index (χ2v) is 5.75. The van der Waals surface area contributed by atoms with Crippen molar-refractivity contribution < 1.29 is 14.7 Å². The summed E-state index contributed by atoms with van der Waals surface area (Å²) < 4.78 is 0. The summed E-state index contributed by atoms with van der Waals surface area (Å²) in [5, 5.41) is 9.19. The number of hydrogen-bond acceptors (Lipinski definition) is 3. The molecule has 18 heavy (non-hydrogen) atoms. The van der Waals surface area contributed by atoms with Crippen molar-refractivity contribution in [1.29, 1.82) is 0 Å². The quantitative estimate of drug-likeness (QED) is 0.778. The Balaban J connectivity index is 2.77. The largest absolute Gasteiger partial charge is 0.480 e. The fourth-order valence-electron chi connectivity index (χ4n) is 2.65. The van der Waals surface area contributed by atoms with Crippen LogP contribution in [0.25, 0.3) is 0 Å². The second kappa shape index (κ2) is 5.26. The molecule has 5 nitrogen and oxygen atoms in total. The van der Waals surface area contributed by atoms with Crippen molar-refractivity contribution in [1.82, 2.24) is 4.90 Å². The highest BCUT2D eigenvalue weighted by molar-refractivity contribution is 5.86. The van der Waals surface area contributed by atoms with Crippen LogP contribution < -0.4 is 5.73 Å². The molecule has 0 aromatic heterocycles. The van der Waals surface area contributed by atoms with Gasteiger partial charge in [-0.1, -0.05) is 12.8 Å². The molecule has 5 heteroatoms. The minimum atomic E-state index is -1.18. The average Bonchev–Trinajstić information content (AvgIpc) is 2.64. The number of carboxylic acid groups (broad SMARTS) is 1. The van der Waals surface area contributed by atoms with E-state index in [-0.39, 0.29) is 12.3 Å². The molecule has 0 unspecified atom stereocenters. The Hall–Kier alpha value is -1.10. The van der Waals surface area contributed by atoms with Crippen molar-refractivity contribution in [2.45, 2.75) is 64.0 Å². The molecule has 0 aliphatic heterocycles. The lowest BCUT2D eigenvalue weighted by molar-refractivity contribution is -0.157. The van der Waals surface area contributed by atoms with Crippen LogP contribution in [-0.4, -0.2) is 39.5 Å². The highest BCUT2D eigenvalue weighted by atomic mass is 16.4. The number of nitrogens with zero attached hydrogens (tertiary/aromatic N) is 1. The SMILES string of the molecule is CCN(C(=O)CC1(N)CCCC1)C(C)(C)C(=O)O. The van der Waals surface area contributed by atoms with Crippen LogP contribution in [0.4, 0.5) is 0 Å². The number of amides is 1. The van der Waals surface area contributed by atoms with Gasteiger partial charge >= 0.3 is 5.97 Å². The third kappa shape index (κ3) is 3.02. The fraction of sp³-hybridized carbons (Fsp3) is 0.846. The first-order valence-corrected chi connectivity index (χ1v) is 6.56. The van der Waals surface area contributed by atoms with Gasteiger partial charge in [-0.2, -0.15) is 0 Å². The van der Waals surface area contributed by atoms with E-state index in [9.17, 15) is 14.7 Å². The van der Waals surface area contributed by atoms with Crippen LogP contribution in [0.15, 0.2) is 0 Å². The lowest BCUT2D eigenvalue weighted by Crippen LogP contribution is -2.55. The first kappa shape index (κ1) is 15.0. The molecule has 1 rings (SSSR count). The van der Waals surface area contributed by atoms with Gasteiger partial charge in [0.05, 0.1) is 0 Å². The summed E-state index contributed by atoms with van der Waals surface area (Å²) in [6, 6.07) is 0. The van der Waals surface area contributed by atoms with E-state index in [1.807, 2.05) is 0 Å². The first-order valence-electron chi connectivity index (χ1n) is 6.56. The number of rotatable bonds is 5. The molecular weight excluding hydrogens is 232 g/mol. The monoisotopic (exact) mass is 256 g/mol. The van der Waals surface area contributed by atoms with Gasteiger partial charge in [-0.15, -0.1) is 0 Å². The highest BCUT2D eigenvalue weighted by Gasteiger charge is 2.40. The van der Waals surface area contributed by atoms with Crippen LogP contribution in [-0.2, 0) is 9.59 Å². The van der Waals surface area contributed by atoms with Crippen molar-refractivity contribution in [2.24, 2.45) is 5.73 Å². The van der Waals surface area contributed by atoms with Crippen LogP contribution in [0.3, 0.4) is 0 Å². The number of nitrogens with two attached hydrogens (primary N) is 1. The Morgan fingerprint density at radius 2 is 1.83 bits per heavy atom. The molecule has 0 bridgehead atoms. The summed E-state index contributed by atoms with van der Waals surface area (Å²) in [7, 11) is 0. The van der Waals surface area contributed by atoms with Crippen LogP contribution >= 0.6 is 0 Å². The molecule has 1 fully saturated rings. The zero-order chi connectivity index (χ0) is 14.0. The topological polar surface area (TPSA) is 83.6 Å². The Labute approximate surface area is 108 Å². The van der Waals surface area contributed by atoms with E-state index in [4.69, 9.17) is 5.73 Å². The van der Waals surface area contributed by atoms with E-state index in [1.165, 1.54) is 4.90 Å². The lowest BCUT2D eigenvalue weighted by Gasteiger charge is -2.36. The van der Waals surface area contributed by atoms with Crippen molar-refractivity contribution in [2.75, 3.05) is 6.54 Å². The number of carbonyl (C=O) groups is 2. The molecule has 1 amide bonds. The van der Waals surface area contributed by atoms with Crippen LogP contribution in [0, 0.1) is 0 Å². The molecule has 1 aliphatic carbocycles. The van der Waals surface area contributed by atoms with E-state index < -0.39 is 17.0 Å². The molecule has 0 radical (unpaired) electrons. The first-order chi connectivity index (χ1) is 8.23. The van der Waals surface area contributed by atoms with Crippen LogP contribution in [0.5, 0.6) is 0 Å². The van der Waals surface area contributed by atoms with Crippen molar-refractivity contribution in [3.8, 4) is 0 Å². The molecule has 1 saturated carbocycles. The zero-order valence-electron chi connectivity index (χ0n) is 11.5. The zero-order valence-corrected chi connectivity index (χ0v) is 11.5. The minimum absolute atomic E-state index is 0.158. The molecule has 0 heterocycles.